The number of rotatable bonds is 1. The molecule has 2 N–H and O–H groups in total. The first-order valence-electron chi connectivity index (χ1n) is 4.74. The van der Waals surface area contributed by atoms with Crippen LogP contribution >= 0.6 is 0 Å². The fraction of sp³-hybridized carbons (Fsp3) is 0.667. The standard InChI is InChI=1S/C9H15N3O/c10-9-3-5-11-12(9)8-2-1-6-13-7-4-8/h3,5,8H,1-2,4,6-7,10H2. The molecule has 1 saturated heterocycles. The molecule has 1 aliphatic rings. The van der Waals surface area contributed by atoms with E-state index in [4.69, 9.17) is 10.5 Å². The summed E-state index contributed by atoms with van der Waals surface area (Å²) in [5, 5.41) is 4.22. The summed E-state index contributed by atoms with van der Waals surface area (Å²) >= 11 is 0. The molecule has 2 rings (SSSR count). The van der Waals surface area contributed by atoms with Crippen molar-refractivity contribution in [2.24, 2.45) is 0 Å². The number of hydrogen-bond acceptors (Lipinski definition) is 3. The van der Waals surface area contributed by atoms with E-state index in [0.717, 1.165) is 38.3 Å². The third-order valence-corrected chi connectivity index (χ3v) is 2.47. The monoisotopic (exact) mass is 181 g/mol. The topological polar surface area (TPSA) is 53.1 Å². The fourth-order valence-electron chi connectivity index (χ4n) is 1.76. The lowest BCUT2D eigenvalue weighted by Crippen LogP contribution is -2.13. The van der Waals surface area contributed by atoms with Gasteiger partial charge in [0.2, 0.25) is 0 Å². The minimum Gasteiger partial charge on any atom is -0.384 e. The van der Waals surface area contributed by atoms with E-state index in [2.05, 4.69) is 5.10 Å². The van der Waals surface area contributed by atoms with Crippen LogP contribution in [0.3, 0.4) is 0 Å². The van der Waals surface area contributed by atoms with Crippen LogP contribution in [-0.2, 0) is 4.74 Å². The predicted octanol–water partition coefficient (Wildman–Crippen LogP) is 1.21. The SMILES string of the molecule is Nc1ccnn1C1CCCOCC1. The van der Waals surface area contributed by atoms with Crippen LogP contribution in [0.4, 0.5) is 5.82 Å². The molecule has 0 aliphatic carbocycles. The van der Waals surface area contributed by atoms with E-state index in [0.29, 0.717) is 6.04 Å². The molecule has 0 aromatic carbocycles. The molecule has 4 nitrogen and oxygen atoms in total. The van der Waals surface area contributed by atoms with Gasteiger partial charge < -0.3 is 10.5 Å². The molecule has 0 saturated carbocycles. The zero-order chi connectivity index (χ0) is 9.10. The highest BCUT2D eigenvalue weighted by Crippen LogP contribution is 2.22. The average molecular weight is 181 g/mol. The van der Waals surface area contributed by atoms with Crippen molar-refractivity contribution in [3.05, 3.63) is 12.3 Å². The Balaban J connectivity index is 2.10. The maximum atomic E-state index is 5.78. The van der Waals surface area contributed by atoms with Crippen LogP contribution in [0, 0.1) is 0 Å². The second kappa shape index (κ2) is 3.79. The van der Waals surface area contributed by atoms with Gasteiger partial charge in [-0.15, -0.1) is 0 Å². The largest absolute Gasteiger partial charge is 0.384 e. The number of hydrogen-bond donors (Lipinski definition) is 1. The Labute approximate surface area is 77.7 Å². The van der Waals surface area contributed by atoms with Crippen LogP contribution in [0.5, 0.6) is 0 Å². The van der Waals surface area contributed by atoms with Crippen LogP contribution in [0.2, 0.25) is 0 Å². The molecule has 2 heterocycles. The molecule has 1 atom stereocenters. The summed E-state index contributed by atoms with van der Waals surface area (Å²) in [6.07, 6.45) is 4.99. The van der Waals surface area contributed by atoms with Gasteiger partial charge in [-0.2, -0.15) is 5.10 Å². The molecule has 0 radical (unpaired) electrons. The van der Waals surface area contributed by atoms with Crippen molar-refractivity contribution in [2.45, 2.75) is 25.3 Å². The molecule has 1 aliphatic heterocycles. The first kappa shape index (κ1) is 8.56. The van der Waals surface area contributed by atoms with Gasteiger partial charge in [-0.25, -0.2) is 4.68 Å². The average Bonchev–Trinajstić information content (AvgIpc) is 2.43. The normalized spacial score (nSPS) is 24.2. The van der Waals surface area contributed by atoms with Gasteiger partial charge in [-0.1, -0.05) is 0 Å². The minimum absolute atomic E-state index is 0.428. The van der Waals surface area contributed by atoms with Crippen molar-refractivity contribution < 1.29 is 4.74 Å². The van der Waals surface area contributed by atoms with Gasteiger partial charge >= 0.3 is 0 Å². The van der Waals surface area contributed by atoms with E-state index >= 15 is 0 Å². The molecule has 1 aromatic heterocycles. The van der Waals surface area contributed by atoms with Gasteiger partial charge in [0.05, 0.1) is 12.2 Å². The molecule has 1 aromatic rings. The number of nitrogen functional groups attached to an aromatic ring is 1. The van der Waals surface area contributed by atoms with Gasteiger partial charge in [0.25, 0.3) is 0 Å². The number of aromatic nitrogens is 2. The van der Waals surface area contributed by atoms with Crippen LogP contribution in [0.25, 0.3) is 0 Å². The molecule has 1 unspecified atom stereocenters. The molecule has 0 bridgehead atoms. The van der Waals surface area contributed by atoms with E-state index in [1.54, 1.807) is 6.20 Å². The molecule has 72 valence electrons. The zero-order valence-electron chi connectivity index (χ0n) is 7.65. The first-order chi connectivity index (χ1) is 6.38. The Morgan fingerprint density at radius 2 is 2.38 bits per heavy atom. The van der Waals surface area contributed by atoms with Crippen molar-refractivity contribution in [1.29, 1.82) is 0 Å². The Morgan fingerprint density at radius 3 is 3.15 bits per heavy atom. The molecule has 13 heavy (non-hydrogen) atoms. The van der Waals surface area contributed by atoms with Crippen molar-refractivity contribution in [3.8, 4) is 0 Å². The summed E-state index contributed by atoms with van der Waals surface area (Å²) in [7, 11) is 0. The van der Waals surface area contributed by atoms with Crippen molar-refractivity contribution in [2.75, 3.05) is 18.9 Å². The maximum Gasteiger partial charge on any atom is 0.121 e. The van der Waals surface area contributed by atoms with E-state index in [1.165, 1.54) is 0 Å². The number of ether oxygens (including phenoxy) is 1. The summed E-state index contributed by atoms with van der Waals surface area (Å²) < 4.78 is 7.29. The third kappa shape index (κ3) is 1.83. The lowest BCUT2D eigenvalue weighted by atomic mass is 10.1. The van der Waals surface area contributed by atoms with Gasteiger partial charge in [0.15, 0.2) is 0 Å². The number of nitrogens with zero attached hydrogens (tertiary/aromatic N) is 2. The van der Waals surface area contributed by atoms with Gasteiger partial charge in [0, 0.05) is 13.2 Å². The lowest BCUT2D eigenvalue weighted by Gasteiger charge is -2.15. The molecule has 1 fully saturated rings. The molecule has 0 amide bonds. The molecular formula is C9H15N3O. The van der Waals surface area contributed by atoms with E-state index < -0.39 is 0 Å². The third-order valence-electron chi connectivity index (χ3n) is 2.47. The molecule has 0 spiro atoms. The van der Waals surface area contributed by atoms with Crippen LogP contribution in [-0.4, -0.2) is 23.0 Å². The van der Waals surface area contributed by atoms with Crippen molar-refractivity contribution in [1.82, 2.24) is 9.78 Å². The Hall–Kier alpha value is -1.03. The predicted molar refractivity (Wildman–Crippen MR) is 50.3 cm³/mol. The second-order valence-electron chi connectivity index (χ2n) is 3.40. The highest BCUT2D eigenvalue weighted by Gasteiger charge is 2.15. The Morgan fingerprint density at radius 1 is 1.46 bits per heavy atom. The second-order valence-corrected chi connectivity index (χ2v) is 3.40. The highest BCUT2D eigenvalue weighted by molar-refractivity contribution is 5.26. The van der Waals surface area contributed by atoms with E-state index in [9.17, 15) is 0 Å². The van der Waals surface area contributed by atoms with Crippen molar-refractivity contribution >= 4 is 5.82 Å². The minimum atomic E-state index is 0.428. The highest BCUT2D eigenvalue weighted by atomic mass is 16.5. The van der Waals surface area contributed by atoms with Gasteiger partial charge in [0.1, 0.15) is 5.82 Å². The summed E-state index contributed by atoms with van der Waals surface area (Å²) in [5.74, 6) is 0.756. The van der Waals surface area contributed by atoms with Crippen LogP contribution < -0.4 is 5.73 Å². The van der Waals surface area contributed by atoms with Crippen LogP contribution in [0.1, 0.15) is 25.3 Å². The summed E-state index contributed by atoms with van der Waals surface area (Å²) in [4.78, 5) is 0. The van der Waals surface area contributed by atoms with Crippen molar-refractivity contribution in [3.63, 3.8) is 0 Å². The molecule has 4 heteroatoms. The summed E-state index contributed by atoms with van der Waals surface area (Å²) in [6, 6.07) is 2.27. The van der Waals surface area contributed by atoms with E-state index in [1.807, 2.05) is 10.7 Å². The summed E-state index contributed by atoms with van der Waals surface area (Å²) in [5.41, 5.74) is 5.78. The van der Waals surface area contributed by atoms with Crippen LogP contribution in [0.15, 0.2) is 12.3 Å². The number of nitrogens with two attached hydrogens (primary N) is 1. The smallest absolute Gasteiger partial charge is 0.121 e. The maximum absolute atomic E-state index is 5.78. The first-order valence-corrected chi connectivity index (χ1v) is 4.74. The molecular weight excluding hydrogens is 166 g/mol. The van der Waals surface area contributed by atoms with E-state index in [-0.39, 0.29) is 0 Å². The van der Waals surface area contributed by atoms with Gasteiger partial charge in [-0.05, 0) is 25.3 Å². The zero-order valence-corrected chi connectivity index (χ0v) is 7.65. The van der Waals surface area contributed by atoms with Gasteiger partial charge in [-0.3, -0.25) is 0 Å². The fourth-order valence-corrected chi connectivity index (χ4v) is 1.76. The Bertz CT molecular complexity index is 264. The number of anilines is 1. The quantitative estimate of drug-likeness (QED) is 0.708. The lowest BCUT2D eigenvalue weighted by molar-refractivity contribution is 0.141. The summed E-state index contributed by atoms with van der Waals surface area (Å²) in [6.45, 7) is 1.70. The Kier molecular flexibility index (Phi) is 2.49.